The number of carboxylic acids is 1. The highest BCUT2D eigenvalue weighted by Crippen LogP contribution is 2.19. The Hall–Kier alpha value is 1.66. The lowest BCUT2D eigenvalue weighted by Crippen LogP contribution is -2.23. The zero-order valence-electron chi connectivity index (χ0n) is 5.06. The predicted octanol–water partition coefficient (Wildman–Crippen LogP) is 2.50. The van der Waals surface area contributed by atoms with Crippen molar-refractivity contribution in [2.24, 2.45) is 0 Å². The van der Waals surface area contributed by atoms with Gasteiger partial charge in [-0.25, -0.2) is 0 Å². The zero-order chi connectivity index (χ0) is 8.15. The van der Waals surface area contributed by atoms with E-state index in [2.05, 4.69) is 45.2 Å². The maximum atomic E-state index is 10.4. The van der Waals surface area contributed by atoms with Crippen LogP contribution in [0.1, 0.15) is 6.42 Å². The molecule has 0 bridgehead atoms. The number of carboxylic acid groups (broad SMARTS) is 1. The van der Waals surface area contributed by atoms with Gasteiger partial charge in [-0.15, -0.1) is 0 Å². The van der Waals surface area contributed by atoms with Crippen molar-refractivity contribution in [1.82, 2.24) is 0 Å². The Bertz CT molecular complexity index is 117. The van der Waals surface area contributed by atoms with E-state index in [4.69, 9.17) is 5.11 Å². The molecular formula is C5H7I3O2. The second-order valence-electron chi connectivity index (χ2n) is 1.73. The molecule has 0 aromatic rings. The van der Waals surface area contributed by atoms with E-state index in [0.717, 1.165) is 10.8 Å². The highest BCUT2D eigenvalue weighted by atomic mass is 127. The fourth-order valence-corrected chi connectivity index (χ4v) is 3.25. The summed E-state index contributed by atoms with van der Waals surface area (Å²) >= 11 is 6.42. The third kappa shape index (κ3) is 4.52. The fourth-order valence-electron chi connectivity index (χ4n) is 0.405. The topological polar surface area (TPSA) is 37.3 Å². The first-order valence-electron chi connectivity index (χ1n) is 2.66. The molecule has 0 aromatic carbocycles. The average molecular weight is 480 g/mol. The number of halogens is 3. The van der Waals surface area contributed by atoms with E-state index in [-0.39, 0.29) is 7.85 Å². The van der Waals surface area contributed by atoms with E-state index in [1.807, 2.05) is 22.6 Å². The van der Waals surface area contributed by atoms with Crippen molar-refractivity contribution in [2.45, 2.75) is 14.3 Å². The smallest absolute Gasteiger partial charge is 0.317 e. The summed E-state index contributed by atoms with van der Waals surface area (Å²) in [5, 5.41) is 8.56. The molecule has 0 aromatic heterocycles. The van der Waals surface area contributed by atoms with Gasteiger partial charge >= 0.3 is 5.97 Å². The molecular weight excluding hydrogens is 473 g/mol. The van der Waals surface area contributed by atoms with Gasteiger partial charge in [0, 0.05) is 8.35 Å². The first-order valence-corrected chi connectivity index (χ1v) is 6.68. The van der Waals surface area contributed by atoms with Crippen LogP contribution in [-0.4, -0.2) is 23.4 Å². The van der Waals surface area contributed by atoms with Crippen molar-refractivity contribution in [3.63, 3.8) is 0 Å². The lowest BCUT2D eigenvalue weighted by Gasteiger charge is -2.09. The number of aliphatic carboxylic acids is 1. The summed E-state index contributed by atoms with van der Waals surface area (Å²) < 4.78 is 1.04. The molecule has 0 aliphatic rings. The van der Waals surface area contributed by atoms with Crippen LogP contribution in [0.4, 0.5) is 0 Å². The molecule has 2 atom stereocenters. The molecule has 60 valence electrons. The van der Waals surface area contributed by atoms with E-state index in [1.54, 1.807) is 0 Å². The fraction of sp³-hybridized carbons (Fsp3) is 0.800. The Balaban J connectivity index is 3.69. The summed E-state index contributed by atoms with van der Waals surface area (Å²) in [6.45, 7) is 0. The van der Waals surface area contributed by atoms with E-state index in [9.17, 15) is 4.79 Å². The number of alkyl halides is 3. The Morgan fingerprint density at radius 2 is 2.00 bits per heavy atom. The first kappa shape index (κ1) is 11.7. The number of hydrogen-bond donors (Lipinski definition) is 1. The Morgan fingerprint density at radius 1 is 1.50 bits per heavy atom. The SMILES string of the molecule is O=C(O)C(I)C(I)CCI. The number of rotatable bonds is 4. The maximum absolute atomic E-state index is 10.4. The summed E-state index contributed by atoms with van der Waals surface area (Å²) in [5.41, 5.74) is 0. The van der Waals surface area contributed by atoms with E-state index >= 15 is 0 Å². The lowest BCUT2D eigenvalue weighted by molar-refractivity contribution is -0.135. The molecule has 0 saturated heterocycles. The van der Waals surface area contributed by atoms with E-state index in [1.165, 1.54) is 0 Å². The molecule has 5 heteroatoms. The Morgan fingerprint density at radius 3 is 2.30 bits per heavy atom. The molecule has 0 aliphatic carbocycles. The van der Waals surface area contributed by atoms with Crippen LogP contribution in [-0.2, 0) is 4.79 Å². The minimum absolute atomic E-state index is 0.243. The summed E-state index contributed by atoms with van der Waals surface area (Å²) in [4.78, 5) is 10.4. The normalized spacial score (nSPS) is 16.3. The molecule has 2 unspecified atom stereocenters. The number of carbonyl (C=O) groups is 1. The highest BCUT2D eigenvalue weighted by molar-refractivity contribution is 14.1. The average Bonchev–Trinajstić information content (AvgIpc) is 1.87. The standard InChI is InChI=1S/C5H7I3O2/c6-2-1-3(7)4(8)5(9)10/h3-4H,1-2H2,(H,9,10). The largest absolute Gasteiger partial charge is 0.480 e. The van der Waals surface area contributed by atoms with Gasteiger partial charge in [0.15, 0.2) is 0 Å². The predicted molar refractivity (Wildman–Crippen MR) is 66.8 cm³/mol. The van der Waals surface area contributed by atoms with E-state index < -0.39 is 5.97 Å². The first-order chi connectivity index (χ1) is 4.59. The van der Waals surface area contributed by atoms with Gasteiger partial charge in [0.1, 0.15) is 3.92 Å². The van der Waals surface area contributed by atoms with Crippen LogP contribution >= 0.6 is 67.8 Å². The minimum atomic E-state index is -0.704. The molecule has 0 amide bonds. The monoisotopic (exact) mass is 480 g/mol. The molecule has 0 saturated carbocycles. The van der Waals surface area contributed by atoms with Crippen molar-refractivity contribution in [3.05, 3.63) is 0 Å². The van der Waals surface area contributed by atoms with Crippen LogP contribution < -0.4 is 0 Å². The molecule has 2 nitrogen and oxygen atoms in total. The van der Waals surface area contributed by atoms with Crippen molar-refractivity contribution in [1.29, 1.82) is 0 Å². The molecule has 0 heterocycles. The van der Waals surface area contributed by atoms with Crippen LogP contribution in [0.2, 0.25) is 0 Å². The quantitative estimate of drug-likeness (QED) is 0.497. The van der Waals surface area contributed by atoms with Crippen LogP contribution in [0.25, 0.3) is 0 Å². The summed E-state index contributed by atoms with van der Waals surface area (Å²) in [6, 6.07) is 0. The maximum Gasteiger partial charge on any atom is 0.317 e. The zero-order valence-corrected chi connectivity index (χ0v) is 11.5. The second-order valence-corrected chi connectivity index (χ2v) is 5.75. The van der Waals surface area contributed by atoms with Crippen molar-refractivity contribution < 1.29 is 9.90 Å². The molecule has 1 N–H and O–H groups in total. The summed E-state index contributed by atoms with van der Waals surface area (Å²) in [6.07, 6.45) is 0.973. The highest BCUT2D eigenvalue weighted by Gasteiger charge is 2.21. The second kappa shape index (κ2) is 6.21. The molecule has 0 radical (unpaired) electrons. The number of hydrogen-bond acceptors (Lipinski definition) is 1. The van der Waals surface area contributed by atoms with Crippen molar-refractivity contribution in [2.75, 3.05) is 4.43 Å². The van der Waals surface area contributed by atoms with Crippen LogP contribution in [0.15, 0.2) is 0 Å². The van der Waals surface area contributed by atoms with Gasteiger partial charge in [0.05, 0.1) is 0 Å². The molecule has 0 fully saturated rings. The van der Waals surface area contributed by atoms with Gasteiger partial charge in [-0.05, 0) is 6.42 Å². The van der Waals surface area contributed by atoms with E-state index in [0.29, 0.717) is 0 Å². The third-order valence-electron chi connectivity index (χ3n) is 0.938. The van der Waals surface area contributed by atoms with Gasteiger partial charge in [0.25, 0.3) is 0 Å². The molecule has 0 spiro atoms. The van der Waals surface area contributed by atoms with Crippen LogP contribution in [0.3, 0.4) is 0 Å². The summed E-state index contributed by atoms with van der Waals surface area (Å²) in [5.74, 6) is -0.704. The molecule has 10 heavy (non-hydrogen) atoms. The third-order valence-corrected chi connectivity index (χ3v) is 5.68. The molecule has 0 rings (SSSR count). The van der Waals surface area contributed by atoms with Gasteiger partial charge in [-0.3, -0.25) is 4.79 Å². The molecule has 0 aliphatic heterocycles. The lowest BCUT2D eigenvalue weighted by atomic mass is 10.2. The van der Waals surface area contributed by atoms with Crippen LogP contribution in [0.5, 0.6) is 0 Å². The van der Waals surface area contributed by atoms with Gasteiger partial charge < -0.3 is 5.11 Å². The van der Waals surface area contributed by atoms with Gasteiger partial charge in [-0.2, -0.15) is 0 Å². The van der Waals surface area contributed by atoms with Gasteiger partial charge in [0.2, 0.25) is 0 Å². The summed E-state index contributed by atoms with van der Waals surface area (Å²) in [7, 11) is 0. The Labute approximate surface area is 101 Å². The Kier molecular flexibility index (Phi) is 7.24. The van der Waals surface area contributed by atoms with Crippen molar-refractivity contribution in [3.8, 4) is 0 Å². The minimum Gasteiger partial charge on any atom is -0.480 e. The van der Waals surface area contributed by atoms with Crippen LogP contribution in [0, 0.1) is 0 Å². The van der Waals surface area contributed by atoms with Gasteiger partial charge in [-0.1, -0.05) is 67.8 Å². The van der Waals surface area contributed by atoms with Crippen molar-refractivity contribution >= 4 is 73.7 Å².